The Morgan fingerprint density at radius 2 is 1.88 bits per heavy atom. The topological polar surface area (TPSA) is 123 Å². The lowest BCUT2D eigenvalue weighted by Crippen LogP contribution is -2.41. The second kappa shape index (κ2) is 10.4. The van der Waals surface area contributed by atoms with Gasteiger partial charge in [-0.1, -0.05) is 32.4 Å². The van der Waals surface area contributed by atoms with Gasteiger partial charge in [-0.2, -0.15) is 13.2 Å². The largest absolute Gasteiger partial charge is 0.511 e. The van der Waals surface area contributed by atoms with Crippen LogP contribution in [0.3, 0.4) is 0 Å². The highest BCUT2D eigenvalue weighted by atomic mass is 35.5. The Morgan fingerprint density at radius 3 is 2.44 bits per heavy atom. The van der Waals surface area contributed by atoms with Gasteiger partial charge in [0.2, 0.25) is 12.9 Å². The summed E-state index contributed by atoms with van der Waals surface area (Å²) >= 11 is 6.26. The first-order chi connectivity index (χ1) is 15.6. The van der Waals surface area contributed by atoms with E-state index in [4.69, 9.17) is 16.3 Å². The molecule has 34 heavy (non-hydrogen) atoms. The zero-order valence-electron chi connectivity index (χ0n) is 18.4. The Bertz CT molecular complexity index is 989. The molecule has 0 N–H and O–H groups in total. The molecular formula is C20H21ClF3NO9. The van der Waals surface area contributed by atoms with Crippen LogP contribution in [0.25, 0.3) is 6.08 Å². The molecule has 0 fully saturated rings. The SMILES string of the molecule is C[C@@H](CO[N+](=O)[O-])OC(=O)OCOC(=O)C1=Cc2cc(Cl)c(C(C)(C)C)cc2OC1C(F)(F)F. The normalized spacial score (nSPS) is 16.4. The van der Waals surface area contributed by atoms with Gasteiger partial charge in [-0.25, -0.2) is 9.59 Å². The summed E-state index contributed by atoms with van der Waals surface area (Å²) in [5.41, 5.74) is -0.682. The molecule has 0 saturated heterocycles. The van der Waals surface area contributed by atoms with Gasteiger partial charge in [0, 0.05) is 10.6 Å². The van der Waals surface area contributed by atoms with Crippen molar-refractivity contribution in [3.05, 3.63) is 44.0 Å². The second-order valence-corrected chi connectivity index (χ2v) is 8.56. The summed E-state index contributed by atoms with van der Waals surface area (Å²) in [6.07, 6.45) is -9.13. The molecular weight excluding hydrogens is 491 g/mol. The van der Waals surface area contributed by atoms with Crippen LogP contribution in [-0.2, 0) is 29.3 Å². The second-order valence-electron chi connectivity index (χ2n) is 8.15. The molecule has 14 heteroatoms. The standard InChI is InChI=1S/C20H21ClF3NO9/c1-10(8-32-25(28)29)33-18(27)31-9-30-17(26)12-5-11-6-14(21)13(19(2,3)4)7-15(11)34-16(12)20(22,23)24/h5-7,10,16H,8-9H2,1-4H3/t10-,16?/m0/s1. The van der Waals surface area contributed by atoms with E-state index >= 15 is 0 Å². The van der Waals surface area contributed by atoms with Crippen LogP contribution in [-0.4, -0.2) is 49.0 Å². The Kier molecular flexibility index (Phi) is 8.24. The van der Waals surface area contributed by atoms with Crippen LogP contribution in [0, 0.1) is 10.1 Å². The van der Waals surface area contributed by atoms with Crippen LogP contribution in [0.4, 0.5) is 18.0 Å². The third kappa shape index (κ3) is 7.14. The molecule has 1 aliphatic heterocycles. The molecule has 1 heterocycles. The van der Waals surface area contributed by atoms with E-state index in [9.17, 15) is 32.9 Å². The number of esters is 1. The predicted octanol–water partition coefficient (Wildman–Crippen LogP) is 4.59. The van der Waals surface area contributed by atoms with Crippen molar-refractivity contribution in [1.29, 1.82) is 0 Å². The maximum atomic E-state index is 13.6. The van der Waals surface area contributed by atoms with Gasteiger partial charge in [0.25, 0.3) is 5.09 Å². The molecule has 0 amide bonds. The summed E-state index contributed by atoms with van der Waals surface area (Å²) in [6, 6.07) is 2.76. The van der Waals surface area contributed by atoms with Crippen molar-refractivity contribution in [2.45, 2.75) is 51.5 Å². The minimum atomic E-state index is -4.96. The van der Waals surface area contributed by atoms with E-state index in [1.807, 2.05) is 20.8 Å². The molecule has 0 saturated carbocycles. The average molecular weight is 512 g/mol. The summed E-state index contributed by atoms with van der Waals surface area (Å²) in [4.78, 5) is 37.9. The summed E-state index contributed by atoms with van der Waals surface area (Å²) in [5, 5.41) is 9.26. The van der Waals surface area contributed by atoms with Crippen LogP contribution in [0.1, 0.15) is 38.8 Å². The van der Waals surface area contributed by atoms with Gasteiger partial charge in [-0.3, -0.25) is 0 Å². The fourth-order valence-corrected chi connectivity index (χ4v) is 3.27. The van der Waals surface area contributed by atoms with Gasteiger partial charge in [0.05, 0.1) is 5.57 Å². The number of ether oxygens (including phenoxy) is 4. The summed E-state index contributed by atoms with van der Waals surface area (Å²) in [6.45, 7) is 5.05. The zero-order chi connectivity index (χ0) is 25.8. The Labute approximate surface area is 196 Å². The average Bonchev–Trinajstić information content (AvgIpc) is 2.69. The van der Waals surface area contributed by atoms with Crippen molar-refractivity contribution in [3.8, 4) is 5.75 Å². The first-order valence-electron chi connectivity index (χ1n) is 9.66. The number of fused-ring (bicyclic) bond motifs is 1. The smallest absolute Gasteiger partial charge is 0.475 e. The van der Waals surface area contributed by atoms with Crippen molar-refractivity contribution in [2.24, 2.45) is 0 Å². The van der Waals surface area contributed by atoms with Gasteiger partial charge in [-0.05, 0) is 36.1 Å². The van der Waals surface area contributed by atoms with Gasteiger partial charge in [-0.15, -0.1) is 10.1 Å². The van der Waals surface area contributed by atoms with Gasteiger partial charge in [0.15, 0.2) is 0 Å². The number of carbonyl (C=O) groups excluding carboxylic acids is 2. The maximum Gasteiger partial charge on any atom is 0.511 e. The molecule has 0 radical (unpaired) electrons. The fraction of sp³-hybridized carbons (Fsp3) is 0.500. The van der Waals surface area contributed by atoms with Gasteiger partial charge >= 0.3 is 18.3 Å². The lowest BCUT2D eigenvalue weighted by Gasteiger charge is -2.30. The fourth-order valence-electron chi connectivity index (χ4n) is 2.81. The molecule has 1 unspecified atom stereocenters. The highest BCUT2D eigenvalue weighted by Crippen LogP contribution is 2.42. The Morgan fingerprint density at radius 1 is 1.24 bits per heavy atom. The number of benzene rings is 1. The van der Waals surface area contributed by atoms with Crippen molar-refractivity contribution < 1.29 is 51.6 Å². The molecule has 0 aromatic heterocycles. The molecule has 10 nitrogen and oxygen atoms in total. The zero-order valence-corrected chi connectivity index (χ0v) is 19.2. The number of rotatable bonds is 7. The molecule has 188 valence electrons. The molecule has 0 bridgehead atoms. The minimum Gasteiger partial charge on any atom is -0.475 e. The van der Waals surface area contributed by atoms with Crippen LogP contribution >= 0.6 is 11.6 Å². The van der Waals surface area contributed by atoms with E-state index in [2.05, 4.69) is 19.0 Å². The predicted molar refractivity (Wildman–Crippen MR) is 110 cm³/mol. The van der Waals surface area contributed by atoms with Crippen LogP contribution < -0.4 is 4.74 Å². The number of carbonyl (C=O) groups is 2. The van der Waals surface area contributed by atoms with E-state index in [0.717, 1.165) is 6.08 Å². The molecule has 1 aromatic rings. The van der Waals surface area contributed by atoms with E-state index in [0.29, 0.717) is 5.56 Å². The number of hydrogen-bond acceptors (Lipinski definition) is 9. The Hall–Kier alpha value is -3.22. The van der Waals surface area contributed by atoms with Crippen LogP contribution in [0.15, 0.2) is 17.7 Å². The number of halogens is 4. The molecule has 1 aromatic carbocycles. The first kappa shape index (κ1) is 27.0. The molecule has 0 spiro atoms. The van der Waals surface area contributed by atoms with Gasteiger partial charge in [0.1, 0.15) is 18.5 Å². The molecule has 2 atom stereocenters. The molecule has 2 rings (SSSR count). The first-order valence-corrected chi connectivity index (χ1v) is 10.0. The number of nitrogens with zero attached hydrogens (tertiary/aromatic N) is 1. The molecule has 1 aliphatic rings. The monoisotopic (exact) mass is 511 g/mol. The van der Waals surface area contributed by atoms with Crippen molar-refractivity contribution >= 4 is 29.8 Å². The lowest BCUT2D eigenvalue weighted by molar-refractivity contribution is -0.759. The van der Waals surface area contributed by atoms with Crippen molar-refractivity contribution in [3.63, 3.8) is 0 Å². The highest BCUT2D eigenvalue weighted by Gasteiger charge is 2.49. The van der Waals surface area contributed by atoms with E-state index < -0.39 is 60.0 Å². The molecule has 0 aliphatic carbocycles. The number of hydrogen-bond donors (Lipinski definition) is 0. The minimum absolute atomic E-state index is 0.112. The van der Waals surface area contributed by atoms with Crippen molar-refractivity contribution in [2.75, 3.05) is 13.4 Å². The highest BCUT2D eigenvalue weighted by molar-refractivity contribution is 6.31. The van der Waals surface area contributed by atoms with E-state index in [-0.39, 0.29) is 16.3 Å². The third-order valence-corrected chi connectivity index (χ3v) is 4.67. The summed E-state index contributed by atoms with van der Waals surface area (Å²) < 4.78 is 59.6. The lowest BCUT2D eigenvalue weighted by atomic mass is 9.85. The van der Waals surface area contributed by atoms with Crippen LogP contribution in [0.5, 0.6) is 5.75 Å². The maximum absolute atomic E-state index is 13.6. The number of alkyl halides is 3. The van der Waals surface area contributed by atoms with E-state index in [1.54, 1.807) is 0 Å². The van der Waals surface area contributed by atoms with Crippen molar-refractivity contribution in [1.82, 2.24) is 0 Å². The summed E-state index contributed by atoms with van der Waals surface area (Å²) in [5.74, 6) is -1.57. The van der Waals surface area contributed by atoms with Gasteiger partial charge < -0.3 is 23.8 Å². The summed E-state index contributed by atoms with van der Waals surface area (Å²) in [7, 11) is 0. The third-order valence-electron chi connectivity index (χ3n) is 4.36. The van der Waals surface area contributed by atoms with E-state index in [1.165, 1.54) is 19.1 Å². The quantitative estimate of drug-likeness (QED) is 0.223. The van der Waals surface area contributed by atoms with Crippen LogP contribution in [0.2, 0.25) is 5.02 Å². The Balaban J connectivity index is 2.13.